The zero-order valence-electron chi connectivity index (χ0n) is 16.0. The van der Waals surface area contributed by atoms with Crippen LogP contribution >= 0.6 is 0 Å². The molecule has 2 aromatic heterocycles. The highest BCUT2D eigenvalue weighted by Crippen LogP contribution is 2.30. The summed E-state index contributed by atoms with van der Waals surface area (Å²) in [6.45, 7) is 5.95. The van der Waals surface area contributed by atoms with E-state index in [4.69, 9.17) is 4.52 Å². The summed E-state index contributed by atoms with van der Waals surface area (Å²) in [4.78, 5) is 31.3. The van der Waals surface area contributed by atoms with Crippen molar-refractivity contribution >= 4 is 23.0 Å². The fraction of sp³-hybridized carbons (Fsp3) is 0.333. The van der Waals surface area contributed by atoms with Crippen molar-refractivity contribution in [1.82, 2.24) is 15.0 Å². The van der Waals surface area contributed by atoms with Gasteiger partial charge in [0.05, 0.1) is 16.6 Å². The zero-order valence-corrected chi connectivity index (χ0v) is 16.0. The number of carboxylic acids is 1. The van der Waals surface area contributed by atoms with Crippen molar-refractivity contribution in [3.8, 4) is 0 Å². The monoisotopic (exact) mass is 379 g/mol. The summed E-state index contributed by atoms with van der Waals surface area (Å²) in [5, 5.41) is 14.3. The molecule has 1 aliphatic rings. The minimum atomic E-state index is -1.01. The fourth-order valence-electron chi connectivity index (χ4n) is 3.69. The van der Waals surface area contributed by atoms with Gasteiger partial charge in [0.25, 0.3) is 11.6 Å². The molecule has 4 rings (SSSR count). The van der Waals surface area contributed by atoms with Crippen LogP contribution < -0.4 is 0 Å². The molecule has 0 saturated carbocycles. The number of pyridine rings is 1. The molecule has 3 aromatic rings. The Morgan fingerprint density at radius 2 is 1.96 bits per heavy atom. The summed E-state index contributed by atoms with van der Waals surface area (Å²) in [7, 11) is 0. The van der Waals surface area contributed by atoms with Gasteiger partial charge in [0.1, 0.15) is 6.04 Å². The predicted molar refractivity (Wildman–Crippen MR) is 102 cm³/mol. The van der Waals surface area contributed by atoms with Gasteiger partial charge in [-0.3, -0.25) is 4.79 Å². The van der Waals surface area contributed by atoms with Gasteiger partial charge in [-0.2, -0.15) is 0 Å². The molecule has 1 aromatic carbocycles. The second-order valence-corrected chi connectivity index (χ2v) is 7.46. The Kier molecular flexibility index (Phi) is 4.37. The Labute approximate surface area is 162 Å². The summed E-state index contributed by atoms with van der Waals surface area (Å²) in [5.41, 5.74) is 3.88. The number of carbonyl (C=O) groups excluding carboxylic acids is 1. The average Bonchev–Trinajstić information content (AvgIpc) is 3.06. The number of hydrogen-bond donors (Lipinski definition) is 1. The summed E-state index contributed by atoms with van der Waals surface area (Å²) in [6, 6.07) is 8.44. The summed E-state index contributed by atoms with van der Waals surface area (Å²) in [6.07, 6.45) is 0.283. The molecule has 0 aliphatic carbocycles. The normalized spacial score (nSPS) is 16.4. The standard InChI is InChI=1S/C21H21N3O4/c1-11(2)16-9-15(18-12(3)23-28-19(18)22-16)20(25)24-10-14-7-5-4-6-13(14)8-17(24)21(26)27/h4-7,9,11,17H,8,10H2,1-3H3,(H,26,27). The number of hydrogen-bond acceptors (Lipinski definition) is 5. The number of aliphatic carboxylic acids is 1. The third-order valence-electron chi connectivity index (χ3n) is 5.25. The number of aromatic nitrogens is 2. The minimum Gasteiger partial charge on any atom is -0.480 e. The molecule has 7 nitrogen and oxygen atoms in total. The van der Waals surface area contributed by atoms with Crippen LogP contribution in [0.15, 0.2) is 34.9 Å². The van der Waals surface area contributed by atoms with E-state index >= 15 is 0 Å². The lowest BCUT2D eigenvalue weighted by Crippen LogP contribution is -2.48. The van der Waals surface area contributed by atoms with E-state index in [1.165, 1.54) is 4.90 Å². The Hall–Kier alpha value is -3.22. The van der Waals surface area contributed by atoms with E-state index in [1.54, 1.807) is 13.0 Å². The van der Waals surface area contributed by atoms with Crippen molar-refractivity contribution in [3.05, 3.63) is 58.4 Å². The van der Waals surface area contributed by atoms with Gasteiger partial charge in [0.2, 0.25) is 0 Å². The molecular formula is C21H21N3O4. The Bertz CT molecular complexity index is 1090. The SMILES string of the molecule is Cc1noc2nc(C(C)C)cc(C(=O)N3Cc4ccccc4CC3C(=O)O)c12. The number of benzene rings is 1. The second kappa shape index (κ2) is 6.74. The molecule has 144 valence electrons. The average molecular weight is 379 g/mol. The quantitative estimate of drug-likeness (QED) is 0.750. The first kappa shape index (κ1) is 18.2. The maximum Gasteiger partial charge on any atom is 0.326 e. The highest BCUT2D eigenvalue weighted by atomic mass is 16.5. The predicted octanol–water partition coefficient (Wildman–Crippen LogP) is 3.31. The van der Waals surface area contributed by atoms with Gasteiger partial charge in [-0.05, 0) is 30.0 Å². The topological polar surface area (TPSA) is 96.5 Å². The van der Waals surface area contributed by atoms with Crippen LogP contribution in [-0.2, 0) is 17.8 Å². The molecule has 1 unspecified atom stereocenters. The number of carboxylic acid groups (broad SMARTS) is 1. The highest BCUT2D eigenvalue weighted by molar-refractivity contribution is 6.07. The molecule has 0 bridgehead atoms. The van der Waals surface area contributed by atoms with Crippen LogP contribution in [-0.4, -0.2) is 38.1 Å². The molecule has 3 heterocycles. The first-order valence-electron chi connectivity index (χ1n) is 9.24. The number of carbonyl (C=O) groups is 2. The number of fused-ring (bicyclic) bond motifs is 2. The minimum absolute atomic E-state index is 0.0821. The molecule has 0 saturated heterocycles. The van der Waals surface area contributed by atoms with Crippen LogP contribution in [0.3, 0.4) is 0 Å². The second-order valence-electron chi connectivity index (χ2n) is 7.46. The lowest BCUT2D eigenvalue weighted by molar-refractivity contribution is -0.142. The van der Waals surface area contributed by atoms with E-state index in [0.717, 1.165) is 11.1 Å². The van der Waals surface area contributed by atoms with Crippen molar-refractivity contribution in [2.24, 2.45) is 0 Å². The third kappa shape index (κ3) is 2.93. The highest BCUT2D eigenvalue weighted by Gasteiger charge is 2.36. The van der Waals surface area contributed by atoms with E-state index in [-0.39, 0.29) is 24.8 Å². The smallest absolute Gasteiger partial charge is 0.326 e. The zero-order chi connectivity index (χ0) is 20.0. The van der Waals surface area contributed by atoms with E-state index in [0.29, 0.717) is 28.1 Å². The summed E-state index contributed by atoms with van der Waals surface area (Å²) < 4.78 is 5.30. The van der Waals surface area contributed by atoms with E-state index in [9.17, 15) is 14.7 Å². The van der Waals surface area contributed by atoms with Crippen molar-refractivity contribution in [1.29, 1.82) is 0 Å². The van der Waals surface area contributed by atoms with Gasteiger partial charge in [0, 0.05) is 18.7 Å². The molecule has 0 radical (unpaired) electrons. The first-order valence-corrected chi connectivity index (χ1v) is 9.24. The maximum atomic E-state index is 13.5. The van der Waals surface area contributed by atoms with Gasteiger partial charge in [-0.1, -0.05) is 43.3 Å². The van der Waals surface area contributed by atoms with E-state index < -0.39 is 12.0 Å². The Morgan fingerprint density at radius 1 is 1.25 bits per heavy atom. The van der Waals surface area contributed by atoms with Crippen LogP contribution in [0.1, 0.15) is 52.6 Å². The van der Waals surface area contributed by atoms with Gasteiger partial charge in [-0.25, -0.2) is 9.78 Å². The van der Waals surface area contributed by atoms with Gasteiger partial charge in [-0.15, -0.1) is 0 Å². The maximum absolute atomic E-state index is 13.5. The van der Waals surface area contributed by atoms with Gasteiger partial charge < -0.3 is 14.5 Å². The van der Waals surface area contributed by atoms with Crippen LogP contribution in [0.25, 0.3) is 11.1 Å². The molecule has 1 atom stereocenters. The fourth-order valence-corrected chi connectivity index (χ4v) is 3.69. The molecule has 1 aliphatic heterocycles. The summed E-state index contributed by atoms with van der Waals surface area (Å²) >= 11 is 0. The largest absolute Gasteiger partial charge is 0.480 e. The van der Waals surface area contributed by atoms with Crippen molar-refractivity contribution in [2.75, 3.05) is 0 Å². The van der Waals surface area contributed by atoms with Crippen molar-refractivity contribution in [2.45, 2.75) is 45.7 Å². The van der Waals surface area contributed by atoms with Gasteiger partial charge in [0.15, 0.2) is 0 Å². The molecule has 0 fully saturated rings. The number of nitrogens with zero attached hydrogens (tertiary/aromatic N) is 3. The molecule has 1 N–H and O–H groups in total. The summed E-state index contributed by atoms with van der Waals surface area (Å²) in [5.74, 6) is -1.28. The van der Waals surface area contributed by atoms with Crippen molar-refractivity contribution in [3.63, 3.8) is 0 Å². The Morgan fingerprint density at radius 3 is 2.64 bits per heavy atom. The molecule has 7 heteroatoms. The Balaban J connectivity index is 1.84. The molecular weight excluding hydrogens is 358 g/mol. The van der Waals surface area contributed by atoms with Crippen molar-refractivity contribution < 1.29 is 19.2 Å². The molecule has 1 amide bonds. The van der Waals surface area contributed by atoms with E-state index in [2.05, 4.69) is 10.1 Å². The first-order chi connectivity index (χ1) is 13.4. The third-order valence-corrected chi connectivity index (χ3v) is 5.25. The van der Waals surface area contributed by atoms with Crippen LogP contribution in [0.2, 0.25) is 0 Å². The number of rotatable bonds is 3. The van der Waals surface area contributed by atoms with Crippen LogP contribution in [0.4, 0.5) is 0 Å². The lowest BCUT2D eigenvalue weighted by atomic mass is 9.93. The molecule has 0 spiro atoms. The van der Waals surface area contributed by atoms with Gasteiger partial charge >= 0.3 is 5.97 Å². The molecule has 28 heavy (non-hydrogen) atoms. The number of amides is 1. The number of aryl methyl sites for hydroxylation is 1. The van der Waals surface area contributed by atoms with E-state index in [1.807, 2.05) is 38.1 Å². The van der Waals surface area contributed by atoms with Crippen LogP contribution in [0.5, 0.6) is 0 Å². The van der Waals surface area contributed by atoms with Crippen LogP contribution in [0, 0.1) is 6.92 Å². The lowest BCUT2D eigenvalue weighted by Gasteiger charge is -2.34.